The predicted molar refractivity (Wildman–Crippen MR) is 107 cm³/mol. The molecule has 0 unspecified atom stereocenters. The van der Waals surface area contributed by atoms with Gasteiger partial charge in [0.15, 0.2) is 0 Å². The Morgan fingerprint density at radius 3 is 2.44 bits per heavy atom. The van der Waals surface area contributed by atoms with Gasteiger partial charge in [-0.15, -0.1) is 0 Å². The average molecular weight is 373 g/mol. The van der Waals surface area contributed by atoms with Gasteiger partial charge < -0.3 is 9.64 Å². The number of hydrogen-bond acceptors (Lipinski definition) is 4. The number of nitrogens with zero attached hydrogens (tertiary/aromatic N) is 1. The first-order valence-electron chi connectivity index (χ1n) is 9.56. The van der Waals surface area contributed by atoms with Crippen molar-refractivity contribution in [1.29, 1.82) is 0 Å². The normalized spacial score (nSPS) is 22.9. The number of allylic oxidation sites excluding steroid dienone is 2. The van der Waals surface area contributed by atoms with Crippen molar-refractivity contribution in [2.24, 2.45) is 11.3 Å². The van der Waals surface area contributed by atoms with E-state index < -0.39 is 18.1 Å². The van der Waals surface area contributed by atoms with Gasteiger partial charge >= 0.3 is 5.97 Å². The van der Waals surface area contributed by atoms with Crippen molar-refractivity contribution in [3.05, 3.63) is 48.0 Å². The summed E-state index contributed by atoms with van der Waals surface area (Å²) >= 11 is 0. The summed E-state index contributed by atoms with van der Waals surface area (Å²) in [5, 5.41) is 3.42. The molecular formula is C22H32N2O3. The molecule has 148 valence electrons. The van der Waals surface area contributed by atoms with Gasteiger partial charge in [0.1, 0.15) is 12.1 Å². The van der Waals surface area contributed by atoms with E-state index in [-0.39, 0.29) is 23.4 Å². The Hall–Kier alpha value is -2.14. The molecule has 1 saturated heterocycles. The van der Waals surface area contributed by atoms with Crippen molar-refractivity contribution < 1.29 is 14.3 Å². The van der Waals surface area contributed by atoms with E-state index in [1.54, 1.807) is 36.2 Å². The Balaban J connectivity index is 2.27. The Morgan fingerprint density at radius 2 is 1.93 bits per heavy atom. The van der Waals surface area contributed by atoms with Gasteiger partial charge in [-0.05, 0) is 36.8 Å². The van der Waals surface area contributed by atoms with Crippen LogP contribution in [0.25, 0.3) is 0 Å². The molecule has 1 aromatic carbocycles. The molecule has 0 radical (unpaired) electrons. The van der Waals surface area contributed by atoms with Gasteiger partial charge in [-0.1, -0.05) is 58.0 Å². The summed E-state index contributed by atoms with van der Waals surface area (Å²) in [4.78, 5) is 27.4. The van der Waals surface area contributed by atoms with Gasteiger partial charge in [0.05, 0.1) is 11.7 Å². The molecule has 0 bridgehead atoms. The first-order valence-corrected chi connectivity index (χ1v) is 9.56. The number of carbonyl (C=O) groups excluding carboxylic acids is 2. The minimum Gasteiger partial charge on any atom is -0.456 e. The lowest BCUT2D eigenvalue weighted by molar-refractivity contribution is -0.132. The molecule has 1 fully saturated rings. The minimum atomic E-state index is -0.549. The standard InChI is InChI=1S/C22H32N2O3/c1-7-8-12-15(2)18(27-20(26)16-13-10-9-11-14-16)17-19(25)24(6)21(23-17)22(3,4)5/h7-11,13-15,17-18,21,23H,12H2,1-6H3/b8-7+/t15-,17+,18-,21-/m1/s1. The minimum absolute atomic E-state index is 0.00225. The monoisotopic (exact) mass is 372 g/mol. The van der Waals surface area contributed by atoms with Crippen molar-refractivity contribution in [3.8, 4) is 0 Å². The molecule has 5 nitrogen and oxygen atoms in total. The number of nitrogens with one attached hydrogen (secondary N) is 1. The van der Waals surface area contributed by atoms with Crippen LogP contribution in [-0.2, 0) is 9.53 Å². The summed E-state index contributed by atoms with van der Waals surface area (Å²) in [5.74, 6) is -0.431. The van der Waals surface area contributed by atoms with E-state index in [9.17, 15) is 9.59 Å². The molecule has 1 heterocycles. The number of carbonyl (C=O) groups is 2. The SMILES string of the molecule is C/C=C/C[C@@H](C)[C@@H](OC(=O)c1ccccc1)[C@@H]1N[C@@H](C(C)(C)C)N(C)C1=O. The number of esters is 1. The second-order valence-corrected chi connectivity index (χ2v) is 8.38. The molecule has 2 rings (SSSR count). The Kier molecular flexibility index (Phi) is 6.82. The summed E-state index contributed by atoms with van der Waals surface area (Å²) in [6.07, 6.45) is 4.09. The Morgan fingerprint density at radius 1 is 1.30 bits per heavy atom. The highest BCUT2D eigenvalue weighted by molar-refractivity contribution is 5.90. The number of benzene rings is 1. The van der Waals surface area contributed by atoms with Crippen LogP contribution < -0.4 is 5.32 Å². The highest BCUT2D eigenvalue weighted by Gasteiger charge is 2.48. The molecule has 0 aliphatic carbocycles. The van der Waals surface area contributed by atoms with Crippen LogP contribution in [0, 0.1) is 11.3 Å². The van der Waals surface area contributed by atoms with Crippen molar-refractivity contribution in [2.75, 3.05) is 7.05 Å². The van der Waals surface area contributed by atoms with E-state index in [1.165, 1.54) is 0 Å². The van der Waals surface area contributed by atoms with Crippen LogP contribution in [0.3, 0.4) is 0 Å². The molecule has 1 aromatic rings. The maximum atomic E-state index is 13.0. The van der Waals surface area contributed by atoms with Crippen LogP contribution >= 0.6 is 0 Å². The van der Waals surface area contributed by atoms with Crippen LogP contribution in [-0.4, -0.2) is 42.1 Å². The summed E-state index contributed by atoms with van der Waals surface area (Å²) in [5.41, 5.74) is 0.367. The zero-order valence-electron chi connectivity index (χ0n) is 17.2. The van der Waals surface area contributed by atoms with Gasteiger partial charge in [-0.2, -0.15) is 0 Å². The lowest BCUT2D eigenvalue weighted by atomic mass is 9.91. The zero-order chi connectivity index (χ0) is 20.2. The van der Waals surface area contributed by atoms with Crippen molar-refractivity contribution in [3.63, 3.8) is 0 Å². The van der Waals surface area contributed by atoms with Gasteiger partial charge in [0.25, 0.3) is 0 Å². The maximum absolute atomic E-state index is 13.0. The van der Waals surface area contributed by atoms with Gasteiger partial charge in [0, 0.05) is 7.05 Å². The van der Waals surface area contributed by atoms with Crippen molar-refractivity contribution in [2.45, 2.75) is 59.4 Å². The quantitative estimate of drug-likeness (QED) is 0.612. The van der Waals surface area contributed by atoms with E-state index in [2.05, 4.69) is 26.1 Å². The van der Waals surface area contributed by atoms with Crippen LogP contribution in [0.4, 0.5) is 0 Å². The summed E-state index contributed by atoms with van der Waals surface area (Å²) in [6.45, 7) is 10.2. The van der Waals surface area contributed by atoms with Crippen molar-refractivity contribution in [1.82, 2.24) is 10.2 Å². The molecule has 1 N–H and O–H groups in total. The number of likely N-dealkylation sites (N-methyl/N-ethyl adjacent to an activating group) is 1. The maximum Gasteiger partial charge on any atom is 0.338 e. The largest absolute Gasteiger partial charge is 0.456 e. The predicted octanol–water partition coefficient (Wildman–Crippen LogP) is 3.62. The molecule has 4 atom stereocenters. The summed E-state index contributed by atoms with van der Waals surface area (Å²) < 4.78 is 5.88. The molecular weight excluding hydrogens is 340 g/mol. The van der Waals surface area contributed by atoms with Crippen LogP contribution in [0.2, 0.25) is 0 Å². The molecule has 5 heteroatoms. The summed E-state index contributed by atoms with van der Waals surface area (Å²) in [6, 6.07) is 8.36. The average Bonchev–Trinajstić information content (AvgIpc) is 2.93. The zero-order valence-corrected chi connectivity index (χ0v) is 17.2. The fourth-order valence-corrected chi connectivity index (χ4v) is 3.53. The van der Waals surface area contributed by atoms with E-state index in [0.717, 1.165) is 6.42 Å². The van der Waals surface area contributed by atoms with Gasteiger partial charge in [-0.25, -0.2) is 4.79 Å². The van der Waals surface area contributed by atoms with E-state index >= 15 is 0 Å². The fourth-order valence-electron chi connectivity index (χ4n) is 3.53. The molecule has 1 amide bonds. The highest BCUT2D eigenvalue weighted by Crippen LogP contribution is 2.30. The third kappa shape index (κ3) is 4.98. The first kappa shape index (κ1) is 21.2. The molecule has 0 spiro atoms. The molecule has 1 aliphatic heterocycles. The van der Waals surface area contributed by atoms with Crippen LogP contribution in [0.15, 0.2) is 42.5 Å². The Labute approximate surface area is 162 Å². The molecule has 0 aromatic heterocycles. The number of rotatable bonds is 6. The highest BCUT2D eigenvalue weighted by atomic mass is 16.5. The molecule has 1 aliphatic rings. The number of ether oxygens (including phenoxy) is 1. The lowest BCUT2D eigenvalue weighted by Crippen LogP contribution is -2.49. The molecule has 0 saturated carbocycles. The fraction of sp³-hybridized carbons (Fsp3) is 0.545. The second-order valence-electron chi connectivity index (χ2n) is 8.38. The molecule has 27 heavy (non-hydrogen) atoms. The lowest BCUT2D eigenvalue weighted by Gasteiger charge is -2.32. The van der Waals surface area contributed by atoms with Gasteiger partial charge in [0.2, 0.25) is 5.91 Å². The third-order valence-electron chi connectivity index (χ3n) is 5.04. The smallest absolute Gasteiger partial charge is 0.338 e. The topological polar surface area (TPSA) is 58.6 Å². The second kappa shape index (κ2) is 8.70. The van der Waals surface area contributed by atoms with E-state index in [1.807, 2.05) is 32.1 Å². The van der Waals surface area contributed by atoms with Crippen LogP contribution in [0.5, 0.6) is 0 Å². The Bertz CT molecular complexity index is 679. The third-order valence-corrected chi connectivity index (χ3v) is 5.04. The van der Waals surface area contributed by atoms with Crippen molar-refractivity contribution >= 4 is 11.9 Å². The van der Waals surface area contributed by atoms with E-state index in [0.29, 0.717) is 5.56 Å². The summed E-state index contributed by atoms with van der Waals surface area (Å²) in [7, 11) is 1.80. The number of amides is 1. The number of hydrogen-bond donors (Lipinski definition) is 1. The first-order chi connectivity index (χ1) is 12.7. The van der Waals surface area contributed by atoms with E-state index in [4.69, 9.17) is 4.74 Å². The van der Waals surface area contributed by atoms with Gasteiger partial charge in [-0.3, -0.25) is 10.1 Å². The van der Waals surface area contributed by atoms with Crippen LogP contribution in [0.1, 0.15) is 51.4 Å².